The van der Waals surface area contributed by atoms with Crippen molar-refractivity contribution < 1.29 is 9.63 Å². The summed E-state index contributed by atoms with van der Waals surface area (Å²) in [5.41, 5.74) is 12.4. The Morgan fingerprint density at radius 1 is 0.830 bits per heavy atom. The first-order chi connectivity index (χ1) is 23.0. The second-order valence-electron chi connectivity index (χ2n) is 11.4. The van der Waals surface area contributed by atoms with Crippen LogP contribution in [0.5, 0.6) is 0 Å². The average molecular weight is 624 g/mol. The Bertz CT molecular complexity index is 2240. The number of hydrogen-bond acceptors (Lipinski definition) is 8. The van der Waals surface area contributed by atoms with E-state index in [0.29, 0.717) is 53.8 Å². The molecule has 0 bridgehead atoms. The fraction of sp³-hybridized carbons (Fsp3) is 0.162. The molecule has 0 atom stereocenters. The van der Waals surface area contributed by atoms with E-state index in [4.69, 9.17) is 15.6 Å². The summed E-state index contributed by atoms with van der Waals surface area (Å²) in [6.45, 7) is 3.82. The molecule has 47 heavy (non-hydrogen) atoms. The van der Waals surface area contributed by atoms with Gasteiger partial charge < -0.3 is 20.0 Å². The third-order valence-corrected chi connectivity index (χ3v) is 8.14. The molecule has 0 aliphatic rings. The summed E-state index contributed by atoms with van der Waals surface area (Å²) in [6, 6.07) is 30.4. The van der Waals surface area contributed by atoms with E-state index in [1.54, 1.807) is 24.5 Å². The van der Waals surface area contributed by atoms with Crippen LogP contribution in [0.15, 0.2) is 114 Å². The van der Waals surface area contributed by atoms with E-state index in [-0.39, 0.29) is 5.69 Å². The van der Waals surface area contributed by atoms with Gasteiger partial charge in [-0.1, -0.05) is 60.7 Å². The second-order valence-corrected chi connectivity index (χ2v) is 11.4. The molecule has 0 saturated carbocycles. The highest BCUT2D eigenvalue weighted by atomic mass is 16.7. The summed E-state index contributed by atoms with van der Waals surface area (Å²) in [5.74, 6) is -0.630. The zero-order valence-corrected chi connectivity index (χ0v) is 25.9. The molecule has 7 aromatic rings. The molecular formula is C37H33N7O3. The molecule has 7 rings (SSSR count). The minimum Gasteiger partial charge on any atom is -0.363 e. The number of nitrogens with two attached hydrogens (primary N) is 1. The molecule has 0 fully saturated rings. The molecule has 4 aromatic carbocycles. The van der Waals surface area contributed by atoms with Gasteiger partial charge in [0.2, 0.25) is 0 Å². The molecule has 0 saturated heterocycles. The second kappa shape index (κ2) is 12.9. The van der Waals surface area contributed by atoms with Crippen molar-refractivity contribution in [3.63, 3.8) is 0 Å². The fourth-order valence-corrected chi connectivity index (χ4v) is 5.97. The number of rotatable bonds is 10. The summed E-state index contributed by atoms with van der Waals surface area (Å²) in [7, 11) is 0. The van der Waals surface area contributed by atoms with Gasteiger partial charge in [0.15, 0.2) is 0 Å². The minimum atomic E-state index is -0.630. The first-order valence-corrected chi connectivity index (χ1v) is 15.5. The maximum Gasteiger partial charge on any atom is 0.330 e. The standard InChI is InChI=1S/C37H33N7O3/c1-25(45)47-44-35-21-32-31(39-16-17-40-32)20-33(35)41-36(37(44)46)30-24-42(18-8-15-38)34-14-13-28(19-29(30)34)43(22-26-9-4-2-5-10-26)23-27-11-6-3-7-12-27/h2-7,9-14,16-17,19-21,24H,8,15,18,22-23,38H2,1H3. The van der Waals surface area contributed by atoms with E-state index in [1.807, 2.05) is 42.6 Å². The highest BCUT2D eigenvalue weighted by Crippen LogP contribution is 2.34. The third-order valence-electron chi connectivity index (χ3n) is 8.14. The van der Waals surface area contributed by atoms with Crippen LogP contribution in [-0.2, 0) is 24.4 Å². The van der Waals surface area contributed by atoms with Gasteiger partial charge in [0.05, 0.1) is 16.6 Å². The van der Waals surface area contributed by atoms with Crippen molar-refractivity contribution in [1.82, 2.24) is 24.2 Å². The normalized spacial score (nSPS) is 11.4. The molecule has 2 N–H and O–H groups in total. The Hall–Kier alpha value is -5.87. The van der Waals surface area contributed by atoms with Gasteiger partial charge in [-0.3, -0.25) is 14.8 Å². The Balaban J connectivity index is 1.43. The van der Waals surface area contributed by atoms with E-state index in [9.17, 15) is 9.59 Å². The maximum atomic E-state index is 14.2. The number of aryl methyl sites for hydroxylation is 1. The van der Waals surface area contributed by atoms with Crippen LogP contribution in [0.2, 0.25) is 0 Å². The Labute approximate surface area is 270 Å². The summed E-state index contributed by atoms with van der Waals surface area (Å²) < 4.78 is 3.12. The average Bonchev–Trinajstić information content (AvgIpc) is 3.45. The van der Waals surface area contributed by atoms with Crippen molar-refractivity contribution in [2.75, 3.05) is 11.4 Å². The predicted molar refractivity (Wildman–Crippen MR) is 184 cm³/mol. The van der Waals surface area contributed by atoms with E-state index in [0.717, 1.165) is 27.7 Å². The van der Waals surface area contributed by atoms with Crippen molar-refractivity contribution in [2.45, 2.75) is 33.0 Å². The highest BCUT2D eigenvalue weighted by Gasteiger charge is 2.22. The predicted octanol–water partition coefficient (Wildman–Crippen LogP) is 5.49. The van der Waals surface area contributed by atoms with Gasteiger partial charge in [-0.2, -0.15) is 0 Å². The lowest BCUT2D eigenvalue weighted by atomic mass is 10.1. The number of anilines is 1. The van der Waals surface area contributed by atoms with Crippen LogP contribution in [0.1, 0.15) is 24.5 Å². The zero-order valence-electron chi connectivity index (χ0n) is 25.9. The van der Waals surface area contributed by atoms with Crippen LogP contribution < -0.4 is 21.0 Å². The molecule has 10 nitrogen and oxygen atoms in total. The van der Waals surface area contributed by atoms with Crippen molar-refractivity contribution >= 4 is 44.6 Å². The monoisotopic (exact) mass is 623 g/mol. The minimum absolute atomic E-state index is 0.160. The lowest BCUT2D eigenvalue weighted by Crippen LogP contribution is -2.31. The maximum absolute atomic E-state index is 14.2. The lowest BCUT2D eigenvalue weighted by Gasteiger charge is -2.26. The smallest absolute Gasteiger partial charge is 0.330 e. The molecule has 234 valence electrons. The first kappa shape index (κ1) is 29.8. The fourth-order valence-electron chi connectivity index (χ4n) is 5.97. The number of hydrogen-bond donors (Lipinski definition) is 1. The first-order valence-electron chi connectivity index (χ1n) is 15.5. The lowest BCUT2D eigenvalue weighted by molar-refractivity contribution is -0.141. The largest absolute Gasteiger partial charge is 0.363 e. The van der Waals surface area contributed by atoms with Crippen molar-refractivity contribution in [3.05, 3.63) is 131 Å². The van der Waals surface area contributed by atoms with E-state index >= 15 is 0 Å². The van der Waals surface area contributed by atoms with Gasteiger partial charge in [-0.15, -0.1) is 4.73 Å². The molecular weight excluding hydrogens is 590 g/mol. The van der Waals surface area contributed by atoms with Gasteiger partial charge >= 0.3 is 11.5 Å². The molecule has 3 aromatic heterocycles. The SMILES string of the molecule is CC(=O)On1c(=O)c(-c2cn(CCCN)c3ccc(N(Cc4ccccc4)Cc4ccccc4)cc23)nc2cc3nccnc3cc21. The molecule has 3 heterocycles. The van der Waals surface area contributed by atoms with Crippen molar-refractivity contribution in [3.8, 4) is 11.3 Å². The third kappa shape index (κ3) is 6.06. The zero-order chi connectivity index (χ0) is 32.3. The summed E-state index contributed by atoms with van der Waals surface area (Å²) in [6.07, 6.45) is 5.86. The van der Waals surface area contributed by atoms with Gasteiger partial charge in [-0.05, 0) is 54.4 Å². The Morgan fingerprint density at radius 3 is 2.13 bits per heavy atom. The number of carbonyl (C=O) groups is 1. The van der Waals surface area contributed by atoms with Gasteiger partial charge in [0.25, 0.3) is 0 Å². The van der Waals surface area contributed by atoms with Gasteiger partial charge in [0.1, 0.15) is 11.2 Å². The van der Waals surface area contributed by atoms with Crippen molar-refractivity contribution in [2.24, 2.45) is 5.73 Å². The Kier molecular flexibility index (Phi) is 8.16. The number of nitrogens with zero attached hydrogens (tertiary/aromatic N) is 6. The van der Waals surface area contributed by atoms with Crippen molar-refractivity contribution in [1.29, 1.82) is 0 Å². The van der Waals surface area contributed by atoms with Crippen LogP contribution in [0.3, 0.4) is 0 Å². The van der Waals surface area contributed by atoms with E-state index < -0.39 is 11.5 Å². The quantitative estimate of drug-likeness (QED) is 0.199. The van der Waals surface area contributed by atoms with Crippen LogP contribution in [0.4, 0.5) is 5.69 Å². The molecule has 0 amide bonds. The van der Waals surface area contributed by atoms with Crippen LogP contribution in [0, 0.1) is 0 Å². The molecule has 0 radical (unpaired) electrons. The molecule has 10 heteroatoms. The molecule has 0 aliphatic heterocycles. The summed E-state index contributed by atoms with van der Waals surface area (Å²) in [4.78, 5) is 47.9. The number of benzene rings is 4. The number of aromatic nitrogens is 5. The highest BCUT2D eigenvalue weighted by molar-refractivity contribution is 5.99. The van der Waals surface area contributed by atoms with E-state index in [1.165, 1.54) is 18.1 Å². The topological polar surface area (TPSA) is 121 Å². The van der Waals surface area contributed by atoms with Gasteiger partial charge in [-0.25, -0.2) is 9.78 Å². The Morgan fingerprint density at radius 2 is 1.49 bits per heavy atom. The molecule has 0 aliphatic carbocycles. The number of carbonyl (C=O) groups excluding carboxylic acids is 1. The van der Waals surface area contributed by atoms with Gasteiger partial charge in [0, 0.05) is 67.3 Å². The molecule has 0 spiro atoms. The van der Waals surface area contributed by atoms with Crippen LogP contribution >= 0.6 is 0 Å². The number of fused-ring (bicyclic) bond motifs is 3. The summed E-state index contributed by atoms with van der Waals surface area (Å²) >= 11 is 0. The van der Waals surface area contributed by atoms with Crippen LogP contribution in [0.25, 0.3) is 44.2 Å². The van der Waals surface area contributed by atoms with E-state index in [2.05, 4.69) is 61.9 Å². The summed E-state index contributed by atoms with van der Waals surface area (Å²) in [5, 5.41) is 0.851. The van der Waals surface area contributed by atoms with Crippen LogP contribution in [-0.4, -0.2) is 36.8 Å². The molecule has 0 unspecified atom stereocenters.